The van der Waals surface area contributed by atoms with Crippen molar-refractivity contribution in [1.29, 1.82) is 0 Å². The van der Waals surface area contributed by atoms with Gasteiger partial charge >= 0.3 is 0 Å². The molecule has 0 radical (unpaired) electrons. The second-order valence-corrected chi connectivity index (χ2v) is 6.17. The smallest absolute Gasteiger partial charge is 0.270 e. The van der Waals surface area contributed by atoms with Gasteiger partial charge in [0.05, 0.1) is 6.04 Å². The number of H-pyrrole nitrogens is 1. The zero-order valence-corrected chi connectivity index (χ0v) is 13.0. The molecule has 1 atom stereocenters. The van der Waals surface area contributed by atoms with E-state index in [1.54, 1.807) is 6.20 Å². The van der Waals surface area contributed by atoms with Gasteiger partial charge in [0.2, 0.25) is 0 Å². The van der Waals surface area contributed by atoms with Crippen LogP contribution in [0.25, 0.3) is 0 Å². The highest BCUT2D eigenvalue weighted by Gasteiger charge is 2.27. The van der Waals surface area contributed by atoms with Crippen molar-refractivity contribution >= 4 is 21.8 Å². The highest BCUT2D eigenvalue weighted by molar-refractivity contribution is 9.10. The first-order valence-corrected chi connectivity index (χ1v) is 7.65. The summed E-state index contributed by atoms with van der Waals surface area (Å²) < 4.78 is 0.901. The van der Waals surface area contributed by atoms with Crippen LogP contribution in [0.15, 0.2) is 41.0 Å². The normalized spacial score (nSPS) is 17.6. The number of carbonyl (C=O) groups is 1. The Morgan fingerprint density at radius 2 is 2.20 bits per heavy atom. The van der Waals surface area contributed by atoms with E-state index < -0.39 is 0 Å². The quantitative estimate of drug-likeness (QED) is 0.888. The molecule has 2 aromatic rings. The molecule has 20 heavy (non-hydrogen) atoms. The van der Waals surface area contributed by atoms with Crippen LogP contribution in [0, 0.1) is 0 Å². The summed E-state index contributed by atoms with van der Waals surface area (Å²) >= 11 is 3.37. The Hall–Kier alpha value is -1.55. The summed E-state index contributed by atoms with van der Waals surface area (Å²) in [6.07, 6.45) is 5.06. The monoisotopic (exact) mass is 332 g/mol. The van der Waals surface area contributed by atoms with Gasteiger partial charge in [-0.15, -0.1) is 0 Å². The molecule has 1 heterocycles. The van der Waals surface area contributed by atoms with E-state index in [0.717, 1.165) is 23.7 Å². The van der Waals surface area contributed by atoms with Crippen LogP contribution in [-0.2, 0) is 6.42 Å². The van der Waals surface area contributed by atoms with Crippen LogP contribution in [-0.4, -0.2) is 22.8 Å². The molecule has 1 aromatic heterocycles. The molecule has 1 amide bonds. The first-order valence-electron chi connectivity index (χ1n) is 6.85. The minimum absolute atomic E-state index is 0.0393. The molecule has 1 aliphatic rings. The summed E-state index contributed by atoms with van der Waals surface area (Å²) in [6.45, 7) is 0. The lowest BCUT2D eigenvalue weighted by atomic mass is 9.87. The average Bonchev–Trinajstić information content (AvgIpc) is 2.91. The Morgan fingerprint density at radius 3 is 2.95 bits per heavy atom. The van der Waals surface area contributed by atoms with Gasteiger partial charge in [-0.1, -0.05) is 24.3 Å². The van der Waals surface area contributed by atoms with Crippen LogP contribution in [0.1, 0.15) is 40.5 Å². The number of carbonyl (C=O) groups excluding carboxylic acids is 1. The second-order valence-electron chi connectivity index (χ2n) is 5.25. The van der Waals surface area contributed by atoms with Gasteiger partial charge in [-0.05, 0) is 52.4 Å². The highest BCUT2D eigenvalue weighted by Crippen LogP contribution is 2.34. The molecular formula is C16H17BrN2O. The van der Waals surface area contributed by atoms with Crippen LogP contribution in [0.2, 0.25) is 0 Å². The number of hydrogen-bond donors (Lipinski definition) is 1. The zero-order chi connectivity index (χ0) is 14.1. The molecule has 0 bridgehead atoms. The third kappa shape index (κ3) is 2.40. The molecule has 104 valence electrons. The molecule has 1 aromatic carbocycles. The lowest BCUT2D eigenvalue weighted by molar-refractivity contribution is 0.0710. The number of aromatic amines is 1. The van der Waals surface area contributed by atoms with Crippen LogP contribution in [0.3, 0.4) is 0 Å². The summed E-state index contributed by atoms with van der Waals surface area (Å²) in [5, 5.41) is 0. The predicted molar refractivity (Wildman–Crippen MR) is 82.7 cm³/mol. The Balaban J connectivity index is 1.88. The van der Waals surface area contributed by atoms with E-state index in [9.17, 15) is 4.79 Å². The van der Waals surface area contributed by atoms with Crippen molar-refractivity contribution in [2.75, 3.05) is 7.05 Å². The molecule has 3 nitrogen and oxygen atoms in total. The molecule has 1 N–H and O–H groups in total. The van der Waals surface area contributed by atoms with Crippen molar-refractivity contribution in [3.8, 4) is 0 Å². The van der Waals surface area contributed by atoms with Gasteiger partial charge in [-0.25, -0.2) is 0 Å². The number of hydrogen-bond acceptors (Lipinski definition) is 1. The van der Waals surface area contributed by atoms with Crippen molar-refractivity contribution in [1.82, 2.24) is 9.88 Å². The largest absolute Gasteiger partial charge is 0.356 e. The summed E-state index contributed by atoms with van der Waals surface area (Å²) in [7, 11) is 1.89. The van der Waals surface area contributed by atoms with Crippen molar-refractivity contribution in [2.45, 2.75) is 25.3 Å². The third-order valence-corrected chi connectivity index (χ3v) is 4.46. The Morgan fingerprint density at radius 1 is 1.40 bits per heavy atom. The number of fused-ring (bicyclic) bond motifs is 1. The molecular weight excluding hydrogens is 316 g/mol. The van der Waals surface area contributed by atoms with Gasteiger partial charge in [-0.3, -0.25) is 4.79 Å². The maximum atomic E-state index is 12.5. The van der Waals surface area contributed by atoms with Crippen LogP contribution in [0.4, 0.5) is 0 Å². The molecule has 0 saturated carbocycles. The molecule has 1 unspecified atom stereocenters. The topological polar surface area (TPSA) is 36.1 Å². The van der Waals surface area contributed by atoms with Crippen molar-refractivity contribution in [3.63, 3.8) is 0 Å². The number of amides is 1. The molecule has 0 saturated heterocycles. The lowest BCUT2D eigenvalue weighted by Gasteiger charge is -2.33. The van der Waals surface area contributed by atoms with E-state index in [1.165, 1.54) is 11.1 Å². The average molecular weight is 333 g/mol. The molecule has 0 aliphatic heterocycles. The Bertz CT molecular complexity index is 635. The fourth-order valence-electron chi connectivity index (χ4n) is 2.95. The van der Waals surface area contributed by atoms with Crippen LogP contribution >= 0.6 is 15.9 Å². The first-order chi connectivity index (χ1) is 9.66. The fraction of sp³-hybridized carbons (Fsp3) is 0.312. The minimum atomic E-state index is 0.0393. The molecule has 3 rings (SSSR count). The highest BCUT2D eigenvalue weighted by atomic mass is 79.9. The maximum absolute atomic E-state index is 12.5. The zero-order valence-electron chi connectivity index (χ0n) is 11.4. The van der Waals surface area contributed by atoms with E-state index in [4.69, 9.17) is 0 Å². The van der Waals surface area contributed by atoms with Gasteiger partial charge < -0.3 is 9.88 Å². The number of halogens is 1. The Kier molecular flexibility index (Phi) is 3.66. The second kappa shape index (κ2) is 5.44. The van der Waals surface area contributed by atoms with E-state index >= 15 is 0 Å². The molecule has 0 fully saturated rings. The number of aromatic nitrogens is 1. The van der Waals surface area contributed by atoms with Gasteiger partial charge in [-0.2, -0.15) is 0 Å². The number of aryl methyl sites for hydroxylation is 1. The van der Waals surface area contributed by atoms with Gasteiger partial charge in [0.15, 0.2) is 0 Å². The Labute approximate surface area is 127 Å². The van der Waals surface area contributed by atoms with Gasteiger partial charge in [0.25, 0.3) is 5.91 Å². The molecule has 1 aliphatic carbocycles. The summed E-state index contributed by atoms with van der Waals surface area (Å²) in [5.41, 5.74) is 3.29. The van der Waals surface area contributed by atoms with E-state index in [-0.39, 0.29) is 11.9 Å². The van der Waals surface area contributed by atoms with Crippen molar-refractivity contribution in [2.24, 2.45) is 0 Å². The third-order valence-electron chi connectivity index (χ3n) is 4.00. The molecule has 0 spiro atoms. The fourth-order valence-corrected chi connectivity index (χ4v) is 3.30. The van der Waals surface area contributed by atoms with E-state index in [2.05, 4.69) is 45.2 Å². The van der Waals surface area contributed by atoms with Crippen molar-refractivity contribution < 1.29 is 4.79 Å². The van der Waals surface area contributed by atoms with Gasteiger partial charge in [0.1, 0.15) is 5.69 Å². The SMILES string of the molecule is CN(C(=O)c1cc(Br)c[nH]1)C1CCCc2ccccc21. The summed E-state index contributed by atoms with van der Waals surface area (Å²) in [5.74, 6) is 0.0393. The lowest BCUT2D eigenvalue weighted by Crippen LogP contribution is -2.33. The van der Waals surface area contributed by atoms with Crippen LogP contribution in [0.5, 0.6) is 0 Å². The number of nitrogens with one attached hydrogen (secondary N) is 1. The minimum Gasteiger partial charge on any atom is -0.356 e. The number of nitrogens with zero attached hydrogens (tertiary/aromatic N) is 1. The van der Waals surface area contributed by atoms with Gasteiger partial charge in [0, 0.05) is 17.7 Å². The number of rotatable bonds is 2. The number of benzene rings is 1. The van der Waals surface area contributed by atoms with Crippen LogP contribution < -0.4 is 0 Å². The predicted octanol–water partition coefficient (Wildman–Crippen LogP) is 3.93. The van der Waals surface area contributed by atoms with E-state index in [0.29, 0.717) is 5.69 Å². The molecule has 4 heteroatoms. The maximum Gasteiger partial charge on any atom is 0.270 e. The standard InChI is InChI=1S/C16H17BrN2O/c1-19(16(20)14-9-12(17)10-18-14)15-8-4-6-11-5-2-3-7-13(11)15/h2-3,5,7,9-10,15,18H,4,6,8H2,1H3. The summed E-state index contributed by atoms with van der Waals surface area (Å²) in [6, 6.07) is 10.5. The van der Waals surface area contributed by atoms with Crippen molar-refractivity contribution in [3.05, 3.63) is 57.8 Å². The first kappa shape index (κ1) is 13.4. The van der Waals surface area contributed by atoms with E-state index in [1.807, 2.05) is 18.0 Å². The summed E-state index contributed by atoms with van der Waals surface area (Å²) in [4.78, 5) is 17.4.